The van der Waals surface area contributed by atoms with Crippen molar-refractivity contribution in [2.24, 2.45) is 0 Å². The van der Waals surface area contributed by atoms with Crippen molar-refractivity contribution in [2.45, 2.75) is 26.2 Å². The standard InChI is InChI=1S/C23H24IN5O/c1-16-15-21(28-23(25-16)29-13-3-2-4-14-29)26-19-9-11-20(12-10-19)27-22(30)17-5-7-18(24)8-6-17/h5-12,15H,2-4,13-14H2,1H3,(H,27,30)(H,25,26,28). The smallest absolute Gasteiger partial charge is 0.255 e. The van der Waals surface area contributed by atoms with E-state index in [0.29, 0.717) is 5.56 Å². The molecule has 1 aliphatic rings. The summed E-state index contributed by atoms with van der Waals surface area (Å²) in [6.45, 7) is 4.01. The van der Waals surface area contributed by atoms with E-state index in [4.69, 9.17) is 4.98 Å². The number of aryl methyl sites for hydroxylation is 1. The van der Waals surface area contributed by atoms with Gasteiger partial charge in [0.05, 0.1) is 0 Å². The summed E-state index contributed by atoms with van der Waals surface area (Å²) in [4.78, 5) is 23.9. The van der Waals surface area contributed by atoms with E-state index in [-0.39, 0.29) is 5.91 Å². The van der Waals surface area contributed by atoms with Crippen LogP contribution in [-0.2, 0) is 0 Å². The number of benzene rings is 2. The molecule has 1 fully saturated rings. The van der Waals surface area contributed by atoms with Crippen molar-refractivity contribution in [3.63, 3.8) is 0 Å². The minimum atomic E-state index is -0.121. The lowest BCUT2D eigenvalue weighted by molar-refractivity contribution is 0.102. The molecule has 1 aromatic heterocycles. The number of anilines is 4. The molecule has 2 aromatic carbocycles. The lowest BCUT2D eigenvalue weighted by atomic mass is 10.1. The van der Waals surface area contributed by atoms with Crippen LogP contribution in [0.3, 0.4) is 0 Å². The maximum Gasteiger partial charge on any atom is 0.255 e. The van der Waals surface area contributed by atoms with Gasteiger partial charge >= 0.3 is 0 Å². The highest BCUT2D eigenvalue weighted by molar-refractivity contribution is 14.1. The SMILES string of the molecule is Cc1cc(Nc2ccc(NC(=O)c3ccc(I)cc3)cc2)nc(N2CCCCC2)n1. The van der Waals surface area contributed by atoms with Crippen molar-refractivity contribution >= 4 is 51.6 Å². The molecule has 4 rings (SSSR count). The van der Waals surface area contributed by atoms with E-state index >= 15 is 0 Å². The second kappa shape index (κ2) is 9.42. The molecule has 0 bridgehead atoms. The zero-order valence-electron chi connectivity index (χ0n) is 16.9. The van der Waals surface area contributed by atoms with Crippen LogP contribution in [0.25, 0.3) is 0 Å². The Morgan fingerprint density at radius 2 is 1.60 bits per heavy atom. The number of hydrogen-bond donors (Lipinski definition) is 2. The molecule has 7 heteroatoms. The van der Waals surface area contributed by atoms with Crippen molar-refractivity contribution in [2.75, 3.05) is 28.6 Å². The largest absolute Gasteiger partial charge is 0.341 e. The first-order chi connectivity index (χ1) is 14.6. The first kappa shape index (κ1) is 20.6. The maximum absolute atomic E-state index is 12.4. The summed E-state index contributed by atoms with van der Waals surface area (Å²) < 4.78 is 1.10. The molecule has 6 nitrogen and oxygen atoms in total. The van der Waals surface area contributed by atoms with Gasteiger partial charge in [-0.3, -0.25) is 4.79 Å². The van der Waals surface area contributed by atoms with Gasteiger partial charge in [-0.15, -0.1) is 0 Å². The van der Waals surface area contributed by atoms with Crippen LogP contribution in [0, 0.1) is 10.5 Å². The Kier molecular flexibility index (Phi) is 6.47. The average Bonchev–Trinajstić information content (AvgIpc) is 2.76. The first-order valence-corrected chi connectivity index (χ1v) is 11.2. The lowest BCUT2D eigenvalue weighted by Gasteiger charge is -2.27. The molecule has 0 radical (unpaired) electrons. The molecule has 0 aliphatic carbocycles. The zero-order chi connectivity index (χ0) is 20.9. The first-order valence-electron chi connectivity index (χ1n) is 10.1. The Morgan fingerprint density at radius 1 is 0.933 bits per heavy atom. The van der Waals surface area contributed by atoms with E-state index in [1.807, 2.05) is 61.5 Å². The summed E-state index contributed by atoms with van der Waals surface area (Å²) in [5, 5.41) is 6.28. The van der Waals surface area contributed by atoms with E-state index in [9.17, 15) is 4.79 Å². The predicted octanol–water partition coefficient (Wildman–Crippen LogP) is 5.38. The second-order valence-electron chi connectivity index (χ2n) is 7.41. The predicted molar refractivity (Wildman–Crippen MR) is 130 cm³/mol. The fourth-order valence-electron chi connectivity index (χ4n) is 3.44. The number of nitrogens with one attached hydrogen (secondary N) is 2. The number of hydrogen-bond acceptors (Lipinski definition) is 5. The summed E-state index contributed by atoms with van der Waals surface area (Å²) in [5.41, 5.74) is 3.23. The molecular formula is C23H24IN5O. The third kappa shape index (κ3) is 5.27. The van der Waals surface area contributed by atoms with Crippen LogP contribution in [0.15, 0.2) is 54.6 Å². The number of aromatic nitrogens is 2. The molecule has 3 aromatic rings. The van der Waals surface area contributed by atoms with E-state index in [2.05, 4.69) is 43.1 Å². The molecule has 0 spiro atoms. The molecule has 2 heterocycles. The van der Waals surface area contributed by atoms with Gasteiger partial charge in [0.2, 0.25) is 5.95 Å². The molecular weight excluding hydrogens is 489 g/mol. The van der Waals surface area contributed by atoms with Gasteiger partial charge in [-0.25, -0.2) is 4.98 Å². The third-order valence-corrected chi connectivity index (χ3v) is 5.72. The molecule has 1 amide bonds. The van der Waals surface area contributed by atoms with Gasteiger partial charge in [0.15, 0.2) is 0 Å². The molecule has 154 valence electrons. The van der Waals surface area contributed by atoms with E-state index in [1.165, 1.54) is 19.3 Å². The van der Waals surface area contributed by atoms with Crippen molar-refractivity contribution in [1.82, 2.24) is 9.97 Å². The second-order valence-corrected chi connectivity index (χ2v) is 8.65. The van der Waals surface area contributed by atoms with Crippen molar-refractivity contribution in [1.29, 1.82) is 0 Å². The van der Waals surface area contributed by atoms with Crippen LogP contribution in [0.2, 0.25) is 0 Å². The molecule has 0 atom stereocenters. The van der Waals surface area contributed by atoms with Crippen molar-refractivity contribution in [3.05, 3.63) is 69.4 Å². The molecule has 0 saturated carbocycles. The number of piperidine rings is 1. The minimum Gasteiger partial charge on any atom is -0.341 e. The fourth-order valence-corrected chi connectivity index (χ4v) is 3.80. The van der Waals surface area contributed by atoms with Gasteiger partial charge in [-0.05, 0) is 97.3 Å². The third-order valence-electron chi connectivity index (χ3n) is 5.00. The quantitative estimate of drug-likeness (QED) is 0.449. The minimum absolute atomic E-state index is 0.121. The molecule has 1 saturated heterocycles. The molecule has 1 aliphatic heterocycles. The van der Waals surface area contributed by atoms with Gasteiger partial charge in [0, 0.05) is 45.4 Å². The van der Waals surface area contributed by atoms with Crippen molar-refractivity contribution in [3.8, 4) is 0 Å². The zero-order valence-corrected chi connectivity index (χ0v) is 19.0. The number of rotatable bonds is 5. The summed E-state index contributed by atoms with van der Waals surface area (Å²) in [6, 6.07) is 17.1. The van der Waals surface area contributed by atoms with Crippen LogP contribution < -0.4 is 15.5 Å². The topological polar surface area (TPSA) is 70.2 Å². The Hall–Kier alpha value is -2.68. The van der Waals surface area contributed by atoms with Gasteiger partial charge in [-0.1, -0.05) is 0 Å². The van der Waals surface area contributed by atoms with E-state index < -0.39 is 0 Å². The van der Waals surface area contributed by atoms with Gasteiger partial charge < -0.3 is 15.5 Å². The van der Waals surface area contributed by atoms with E-state index in [0.717, 1.165) is 45.5 Å². The molecule has 2 N–H and O–H groups in total. The highest BCUT2D eigenvalue weighted by Crippen LogP contribution is 2.22. The summed E-state index contributed by atoms with van der Waals surface area (Å²) >= 11 is 2.22. The highest BCUT2D eigenvalue weighted by atomic mass is 127. The van der Waals surface area contributed by atoms with Crippen LogP contribution in [0.1, 0.15) is 35.3 Å². The van der Waals surface area contributed by atoms with Gasteiger partial charge in [-0.2, -0.15) is 4.98 Å². The Bertz CT molecular complexity index is 1010. The Balaban J connectivity index is 1.42. The average molecular weight is 513 g/mol. The van der Waals surface area contributed by atoms with Crippen LogP contribution in [0.4, 0.5) is 23.1 Å². The van der Waals surface area contributed by atoms with Crippen molar-refractivity contribution < 1.29 is 4.79 Å². The van der Waals surface area contributed by atoms with Crippen LogP contribution >= 0.6 is 22.6 Å². The maximum atomic E-state index is 12.4. The number of carbonyl (C=O) groups is 1. The monoisotopic (exact) mass is 513 g/mol. The Labute approximate surface area is 190 Å². The number of nitrogens with zero attached hydrogens (tertiary/aromatic N) is 3. The highest BCUT2D eigenvalue weighted by Gasteiger charge is 2.15. The van der Waals surface area contributed by atoms with Crippen LogP contribution in [-0.4, -0.2) is 29.0 Å². The normalized spacial score (nSPS) is 13.7. The lowest BCUT2D eigenvalue weighted by Crippen LogP contribution is -2.31. The number of carbonyl (C=O) groups excluding carboxylic acids is 1. The fraction of sp³-hybridized carbons (Fsp3) is 0.261. The summed E-state index contributed by atoms with van der Waals surface area (Å²) in [7, 11) is 0. The summed E-state index contributed by atoms with van der Waals surface area (Å²) in [5.74, 6) is 1.45. The van der Waals surface area contributed by atoms with Gasteiger partial charge in [0.25, 0.3) is 5.91 Å². The Morgan fingerprint density at radius 3 is 2.30 bits per heavy atom. The number of amides is 1. The molecule has 30 heavy (non-hydrogen) atoms. The van der Waals surface area contributed by atoms with Gasteiger partial charge in [0.1, 0.15) is 5.82 Å². The summed E-state index contributed by atoms with van der Waals surface area (Å²) in [6.07, 6.45) is 3.66. The van der Waals surface area contributed by atoms with Crippen LogP contribution in [0.5, 0.6) is 0 Å². The van der Waals surface area contributed by atoms with E-state index in [1.54, 1.807) is 0 Å². The number of halogens is 1. The molecule has 0 unspecified atom stereocenters.